The van der Waals surface area contributed by atoms with Crippen LogP contribution in [-0.4, -0.2) is 27.8 Å². The Labute approximate surface area is 171 Å². The number of benzene rings is 2. The van der Waals surface area contributed by atoms with Gasteiger partial charge >= 0.3 is 0 Å². The Morgan fingerprint density at radius 2 is 1.32 bits per heavy atom. The molecule has 0 aliphatic carbocycles. The molecular formula is C25H35N3. The molecule has 3 aromatic rings. The number of aromatic nitrogens is 2. The SMILES string of the molecule is CC.CC.c1ccc(-c2nn(-c3ccccc3)cc2CN2CCCCC2)cc1. The van der Waals surface area contributed by atoms with E-state index in [0.717, 1.165) is 17.9 Å². The first-order valence-electron chi connectivity index (χ1n) is 10.8. The quantitative estimate of drug-likeness (QED) is 0.512. The number of nitrogens with zero attached hydrogens (tertiary/aromatic N) is 3. The molecule has 1 aliphatic heterocycles. The number of likely N-dealkylation sites (tertiary alicyclic amines) is 1. The molecule has 2 aromatic carbocycles. The summed E-state index contributed by atoms with van der Waals surface area (Å²) in [5.74, 6) is 0. The minimum Gasteiger partial charge on any atom is -0.299 e. The lowest BCUT2D eigenvalue weighted by atomic mass is 10.1. The van der Waals surface area contributed by atoms with Crippen molar-refractivity contribution in [3.8, 4) is 16.9 Å². The average molecular weight is 378 g/mol. The standard InChI is InChI=1S/C21H23N3.2C2H6/c1-4-10-18(11-5-1)21-19(16-23-14-8-3-9-15-23)17-24(22-21)20-12-6-2-7-13-20;2*1-2/h1-2,4-7,10-13,17H,3,8-9,14-16H2;2*1-2H3. The van der Waals surface area contributed by atoms with Gasteiger partial charge in [-0.15, -0.1) is 0 Å². The van der Waals surface area contributed by atoms with Gasteiger partial charge in [0.15, 0.2) is 0 Å². The van der Waals surface area contributed by atoms with Crippen LogP contribution in [0.2, 0.25) is 0 Å². The second-order valence-corrected chi connectivity index (χ2v) is 6.49. The van der Waals surface area contributed by atoms with Gasteiger partial charge in [0.25, 0.3) is 0 Å². The van der Waals surface area contributed by atoms with Gasteiger partial charge in [-0.1, -0.05) is 82.6 Å². The zero-order valence-corrected chi connectivity index (χ0v) is 17.9. The second kappa shape index (κ2) is 12.1. The van der Waals surface area contributed by atoms with Crippen molar-refractivity contribution in [1.29, 1.82) is 0 Å². The van der Waals surface area contributed by atoms with E-state index >= 15 is 0 Å². The summed E-state index contributed by atoms with van der Waals surface area (Å²) in [7, 11) is 0. The van der Waals surface area contributed by atoms with Crippen LogP contribution in [0.1, 0.15) is 52.5 Å². The highest BCUT2D eigenvalue weighted by Gasteiger charge is 2.17. The van der Waals surface area contributed by atoms with Crippen LogP contribution in [0, 0.1) is 0 Å². The molecule has 0 radical (unpaired) electrons. The first-order chi connectivity index (χ1) is 13.9. The molecule has 0 saturated carbocycles. The van der Waals surface area contributed by atoms with Gasteiger partial charge in [-0.05, 0) is 38.1 Å². The smallest absolute Gasteiger partial charge is 0.0972 e. The summed E-state index contributed by atoms with van der Waals surface area (Å²) >= 11 is 0. The molecule has 3 heteroatoms. The molecule has 2 heterocycles. The Kier molecular flexibility index (Phi) is 9.50. The Morgan fingerprint density at radius 1 is 0.750 bits per heavy atom. The number of para-hydroxylation sites is 1. The van der Waals surface area contributed by atoms with E-state index in [2.05, 4.69) is 65.7 Å². The van der Waals surface area contributed by atoms with Crippen molar-refractivity contribution in [2.45, 2.75) is 53.5 Å². The molecular weight excluding hydrogens is 342 g/mol. The normalized spacial score (nSPS) is 13.7. The monoisotopic (exact) mass is 377 g/mol. The summed E-state index contributed by atoms with van der Waals surface area (Å²) in [6.45, 7) is 11.4. The minimum atomic E-state index is 0.983. The van der Waals surface area contributed by atoms with E-state index in [1.54, 1.807) is 0 Å². The van der Waals surface area contributed by atoms with Crippen molar-refractivity contribution in [3.63, 3.8) is 0 Å². The third kappa shape index (κ3) is 5.80. The minimum absolute atomic E-state index is 0.983. The lowest BCUT2D eigenvalue weighted by Gasteiger charge is -2.26. The van der Waals surface area contributed by atoms with Crippen molar-refractivity contribution < 1.29 is 0 Å². The molecule has 4 rings (SSSR count). The van der Waals surface area contributed by atoms with Crippen molar-refractivity contribution in [2.24, 2.45) is 0 Å². The van der Waals surface area contributed by atoms with Gasteiger partial charge in [0.1, 0.15) is 0 Å². The average Bonchev–Trinajstić information content (AvgIpc) is 3.22. The van der Waals surface area contributed by atoms with Gasteiger partial charge in [-0.2, -0.15) is 5.10 Å². The van der Waals surface area contributed by atoms with Crippen LogP contribution >= 0.6 is 0 Å². The van der Waals surface area contributed by atoms with Gasteiger partial charge in [-0.3, -0.25) is 4.90 Å². The summed E-state index contributed by atoms with van der Waals surface area (Å²) in [5, 5.41) is 4.91. The van der Waals surface area contributed by atoms with Crippen LogP contribution in [0.5, 0.6) is 0 Å². The number of hydrogen-bond donors (Lipinski definition) is 0. The molecule has 0 bridgehead atoms. The third-order valence-corrected chi connectivity index (χ3v) is 4.70. The van der Waals surface area contributed by atoms with E-state index in [-0.39, 0.29) is 0 Å². The van der Waals surface area contributed by atoms with Gasteiger partial charge in [0.05, 0.1) is 11.4 Å². The predicted molar refractivity (Wildman–Crippen MR) is 121 cm³/mol. The predicted octanol–water partition coefficient (Wildman–Crippen LogP) is 6.58. The maximum absolute atomic E-state index is 4.91. The third-order valence-electron chi connectivity index (χ3n) is 4.70. The molecule has 0 N–H and O–H groups in total. The van der Waals surface area contributed by atoms with E-state index in [0.29, 0.717) is 0 Å². The lowest BCUT2D eigenvalue weighted by molar-refractivity contribution is 0.221. The van der Waals surface area contributed by atoms with Crippen molar-refractivity contribution in [2.75, 3.05) is 13.1 Å². The summed E-state index contributed by atoms with van der Waals surface area (Å²) in [6, 6.07) is 20.9. The molecule has 0 unspecified atom stereocenters. The van der Waals surface area contributed by atoms with Crippen molar-refractivity contribution in [3.05, 3.63) is 72.4 Å². The summed E-state index contributed by atoms with van der Waals surface area (Å²) in [4.78, 5) is 2.56. The van der Waals surface area contributed by atoms with Crippen LogP contribution in [0.25, 0.3) is 16.9 Å². The summed E-state index contributed by atoms with van der Waals surface area (Å²) < 4.78 is 2.02. The molecule has 150 valence electrons. The second-order valence-electron chi connectivity index (χ2n) is 6.49. The molecule has 1 fully saturated rings. The van der Waals surface area contributed by atoms with Crippen LogP contribution in [0.3, 0.4) is 0 Å². The van der Waals surface area contributed by atoms with Crippen LogP contribution in [0.15, 0.2) is 66.9 Å². The lowest BCUT2D eigenvalue weighted by Crippen LogP contribution is -2.29. The molecule has 1 aliphatic rings. The van der Waals surface area contributed by atoms with E-state index in [4.69, 9.17) is 5.10 Å². The van der Waals surface area contributed by atoms with E-state index in [1.807, 2.05) is 38.4 Å². The van der Waals surface area contributed by atoms with E-state index in [9.17, 15) is 0 Å². The maximum Gasteiger partial charge on any atom is 0.0972 e. The van der Waals surface area contributed by atoms with Crippen LogP contribution < -0.4 is 0 Å². The van der Waals surface area contributed by atoms with E-state index < -0.39 is 0 Å². The molecule has 1 aromatic heterocycles. The van der Waals surface area contributed by atoms with Crippen LogP contribution in [-0.2, 0) is 6.54 Å². The highest BCUT2D eigenvalue weighted by molar-refractivity contribution is 5.63. The van der Waals surface area contributed by atoms with Crippen molar-refractivity contribution >= 4 is 0 Å². The van der Waals surface area contributed by atoms with Gasteiger partial charge in [-0.25, -0.2) is 4.68 Å². The van der Waals surface area contributed by atoms with Gasteiger partial charge in [0.2, 0.25) is 0 Å². The molecule has 0 spiro atoms. The first kappa shape index (κ1) is 21.9. The van der Waals surface area contributed by atoms with Crippen molar-refractivity contribution in [1.82, 2.24) is 14.7 Å². The van der Waals surface area contributed by atoms with Crippen LogP contribution in [0.4, 0.5) is 0 Å². The topological polar surface area (TPSA) is 21.1 Å². The number of rotatable bonds is 4. The fourth-order valence-electron chi connectivity index (χ4n) is 3.44. The first-order valence-corrected chi connectivity index (χ1v) is 10.8. The zero-order chi connectivity index (χ0) is 20.2. The maximum atomic E-state index is 4.91. The molecule has 1 saturated heterocycles. The Morgan fingerprint density at radius 3 is 1.93 bits per heavy atom. The highest BCUT2D eigenvalue weighted by Crippen LogP contribution is 2.25. The summed E-state index contributed by atoms with van der Waals surface area (Å²) in [6.07, 6.45) is 6.19. The fraction of sp³-hybridized carbons (Fsp3) is 0.400. The van der Waals surface area contributed by atoms with Gasteiger partial charge < -0.3 is 0 Å². The summed E-state index contributed by atoms with van der Waals surface area (Å²) in [5.41, 5.74) is 4.72. The van der Waals surface area contributed by atoms with E-state index in [1.165, 1.54) is 43.5 Å². The molecule has 0 amide bonds. The van der Waals surface area contributed by atoms with Gasteiger partial charge in [0, 0.05) is 23.9 Å². The Hall–Kier alpha value is -2.39. The molecule has 3 nitrogen and oxygen atoms in total. The molecule has 28 heavy (non-hydrogen) atoms. The highest BCUT2D eigenvalue weighted by atomic mass is 15.3. The fourth-order valence-corrected chi connectivity index (χ4v) is 3.44. The Balaban J connectivity index is 0.000000660. The Bertz CT molecular complexity index is 772. The number of piperidine rings is 1. The number of hydrogen-bond acceptors (Lipinski definition) is 2. The molecule has 0 atom stereocenters. The largest absolute Gasteiger partial charge is 0.299 e. The zero-order valence-electron chi connectivity index (χ0n) is 17.9.